The molecule has 218 valence electrons. The molecule has 1 amide bonds. The van der Waals surface area contributed by atoms with Crippen LogP contribution in [0.2, 0.25) is 0 Å². The summed E-state index contributed by atoms with van der Waals surface area (Å²) in [6.45, 7) is 3.57. The van der Waals surface area contributed by atoms with Crippen LogP contribution in [0, 0.1) is 17.0 Å². The largest absolute Gasteiger partial charge is 0.507 e. The SMILES string of the molecule is CCC(=O)c1ccc(C2C(=C(O)c3ccc(C)cc3)C(=O)C(=O)N2c2ncc(S(=O)(=O)c3ccc([N+](=O)[O-])cc3)s2)cc1. The molecule has 3 aromatic carbocycles. The van der Waals surface area contributed by atoms with Crippen molar-refractivity contribution in [2.24, 2.45) is 0 Å². The number of aryl methyl sites for hydroxylation is 1. The smallest absolute Gasteiger partial charge is 0.301 e. The van der Waals surface area contributed by atoms with Crippen LogP contribution in [-0.4, -0.2) is 40.9 Å². The number of Topliss-reactive ketones (excluding diaryl/α,β-unsaturated/α-hetero) is 2. The van der Waals surface area contributed by atoms with E-state index < -0.39 is 38.3 Å². The third-order valence-electron chi connectivity index (χ3n) is 6.94. The number of nitro benzene ring substituents is 1. The summed E-state index contributed by atoms with van der Waals surface area (Å²) in [4.78, 5) is 54.4. The summed E-state index contributed by atoms with van der Waals surface area (Å²) >= 11 is 0.631. The molecule has 13 heteroatoms. The monoisotopic (exact) mass is 617 g/mol. The van der Waals surface area contributed by atoms with Crippen molar-refractivity contribution in [2.45, 2.75) is 35.4 Å². The summed E-state index contributed by atoms with van der Waals surface area (Å²) in [5.74, 6) is -2.55. The molecular weight excluding hydrogens is 594 g/mol. The Hall–Kier alpha value is -5.01. The number of benzene rings is 3. The highest BCUT2D eigenvalue weighted by atomic mass is 32.2. The number of hydrogen-bond donors (Lipinski definition) is 1. The molecule has 0 bridgehead atoms. The fourth-order valence-electron chi connectivity index (χ4n) is 4.62. The maximum atomic E-state index is 13.5. The quantitative estimate of drug-likeness (QED) is 0.0679. The highest BCUT2D eigenvalue weighted by Gasteiger charge is 2.48. The third-order valence-corrected chi connectivity index (χ3v) is 10.2. The lowest BCUT2D eigenvalue weighted by atomic mass is 9.94. The average Bonchev–Trinajstić information content (AvgIpc) is 3.60. The van der Waals surface area contributed by atoms with Crippen molar-refractivity contribution in [2.75, 3.05) is 4.90 Å². The fourth-order valence-corrected chi connectivity index (χ4v) is 7.16. The van der Waals surface area contributed by atoms with E-state index in [1.165, 1.54) is 0 Å². The number of non-ortho nitro benzene ring substituents is 1. The summed E-state index contributed by atoms with van der Waals surface area (Å²) in [5, 5.41) is 22.1. The Bertz CT molecular complexity index is 1910. The number of nitro groups is 1. The zero-order valence-corrected chi connectivity index (χ0v) is 24.4. The first kappa shape index (κ1) is 29.5. The molecule has 1 aliphatic rings. The van der Waals surface area contributed by atoms with E-state index in [1.807, 2.05) is 6.92 Å². The highest BCUT2D eigenvalue weighted by molar-refractivity contribution is 7.93. The van der Waals surface area contributed by atoms with Gasteiger partial charge in [0.25, 0.3) is 11.5 Å². The number of hydrogen-bond acceptors (Lipinski definition) is 10. The minimum absolute atomic E-state index is 0.110. The zero-order valence-electron chi connectivity index (χ0n) is 22.8. The minimum Gasteiger partial charge on any atom is -0.507 e. The lowest BCUT2D eigenvalue weighted by Gasteiger charge is -2.23. The number of sulfone groups is 1. The Labute approximate surface area is 249 Å². The lowest BCUT2D eigenvalue weighted by molar-refractivity contribution is -0.384. The molecule has 1 atom stereocenters. The number of aliphatic hydroxyl groups is 1. The van der Waals surface area contributed by atoms with E-state index in [9.17, 15) is 38.0 Å². The van der Waals surface area contributed by atoms with Crippen molar-refractivity contribution >= 4 is 55.2 Å². The summed E-state index contributed by atoms with van der Waals surface area (Å²) < 4.78 is 26.3. The molecular formula is C30H23N3O8S2. The van der Waals surface area contributed by atoms with Gasteiger partial charge in [0.1, 0.15) is 9.97 Å². The predicted octanol–water partition coefficient (Wildman–Crippen LogP) is 5.41. The van der Waals surface area contributed by atoms with Gasteiger partial charge in [-0.3, -0.25) is 29.4 Å². The van der Waals surface area contributed by atoms with Crippen LogP contribution >= 0.6 is 11.3 Å². The molecule has 1 aromatic heterocycles. The number of thiazole rings is 1. The Balaban J connectivity index is 1.62. The standard InChI is InChI=1S/C30H23N3O8S2/c1-3-23(34)18-8-10-19(11-9-18)26-25(27(35)20-6-4-17(2)5-7-20)28(36)29(37)32(26)30-31-16-24(42-30)43(40,41)22-14-12-21(13-15-22)33(38)39/h4-16,26,35H,3H2,1-2H3. The van der Waals surface area contributed by atoms with Crippen molar-refractivity contribution in [3.05, 3.63) is 117 Å². The summed E-state index contributed by atoms with van der Waals surface area (Å²) in [7, 11) is -4.19. The zero-order chi connectivity index (χ0) is 31.1. The molecule has 0 spiro atoms. The van der Waals surface area contributed by atoms with E-state index in [2.05, 4.69) is 4.98 Å². The number of amides is 1. The van der Waals surface area contributed by atoms with Crippen molar-refractivity contribution in [1.29, 1.82) is 0 Å². The second kappa shape index (κ2) is 11.3. The molecule has 0 aliphatic carbocycles. The highest BCUT2D eigenvalue weighted by Crippen LogP contribution is 2.44. The van der Waals surface area contributed by atoms with Gasteiger partial charge in [-0.1, -0.05) is 72.4 Å². The number of nitrogens with zero attached hydrogens (tertiary/aromatic N) is 3. The average molecular weight is 618 g/mol. The second-order valence-corrected chi connectivity index (χ2v) is 12.8. The number of aromatic nitrogens is 1. The van der Waals surface area contributed by atoms with Gasteiger partial charge in [0.05, 0.1) is 27.6 Å². The van der Waals surface area contributed by atoms with Gasteiger partial charge in [-0.15, -0.1) is 0 Å². The maximum absolute atomic E-state index is 13.5. The first-order chi connectivity index (χ1) is 20.4. The van der Waals surface area contributed by atoms with E-state index in [1.54, 1.807) is 55.5 Å². The molecule has 0 saturated carbocycles. The number of rotatable bonds is 8. The maximum Gasteiger partial charge on any atom is 0.301 e. The van der Waals surface area contributed by atoms with Gasteiger partial charge in [-0.2, -0.15) is 0 Å². The first-order valence-electron chi connectivity index (χ1n) is 12.9. The van der Waals surface area contributed by atoms with Crippen LogP contribution in [-0.2, 0) is 19.4 Å². The van der Waals surface area contributed by atoms with Gasteiger partial charge in [0.2, 0.25) is 9.84 Å². The minimum atomic E-state index is -4.19. The van der Waals surface area contributed by atoms with Crippen LogP contribution in [0.1, 0.15) is 46.4 Å². The van der Waals surface area contributed by atoms with E-state index in [0.29, 0.717) is 28.0 Å². The van der Waals surface area contributed by atoms with Crippen molar-refractivity contribution in [1.82, 2.24) is 4.98 Å². The van der Waals surface area contributed by atoms with Gasteiger partial charge in [-0.05, 0) is 24.6 Å². The number of ketones is 2. The van der Waals surface area contributed by atoms with Crippen LogP contribution in [0.4, 0.5) is 10.8 Å². The summed E-state index contributed by atoms with van der Waals surface area (Å²) in [6, 6.07) is 16.1. The molecule has 4 aromatic rings. The Kier molecular flexibility index (Phi) is 7.78. The van der Waals surface area contributed by atoms with Gasteiger partial charge in [0, 0.05) is 29.7 Å². The first-order valence-corrected chi connectivity index (χ1v) is 15.2. The Morgan fingerprint density at radius 1 is 1.00 bits per heavy atom. The Morgan fingerprint density at radius 2 is 1.60 bits per heavy atom. The van der Waals surface area contributed by atoms with E-state index in [4.69, 9.17) is 0 Å². The number of carbonyl (C=O) groups excluding carboxylic acids is 3. The van der Waals surface area contributed by atoms with Crippen LogP contribution in [0.25, 0.3) is 5.76 Å². The van der Waals surface area contributed by atoms with Crippen LogP contribution in [0.15, 0.2) is 93.7 Å². The molecule has 1 fully saturated rings. The molecule has 2 heterocycles. The van der Waals surface area contributed by atoms with E-state index in [-0.39, 0.29) is 37.7 Å². The fraction of sp³-hybridized carbons (Fsp3) is 0.133. The summed E-state index contributed by atoms with van der Waals surface area (Å²) in [5.41, 5.74) is 1.51. The van der Waals surface area contributed by atoms with Crippen LogP contribution < -0.4 is 4.90 Å². The van der Waals surface area contributed by atoms with Gasteiger partial charge >= 0.3 is 5.91 Å². The topological polar surface area (TPSA) is 165 Å². The van der Waals surface area contributed by atoms with Gasteiger partial charge < -0.3 is 5.11 Å². The van der Waals surface area contributed by atoms with E-state index in [0.717, 1.165) is 40.9 Å². The molecule has 0 radical (unpaired) electrons. The molecule has 43 heavy (non-hydrogen) atoms. The lowest BCUT2D eigenvalue weighted by Crippen LogP contribution is -2.29. The number of aliphatic hydroxyl groups excluding tert-OH is 1. The van der Waals surface area contributed by atoms with Gasteiger partial charge in [-0.25, -0.2) is 13.4 Å². The number of anilines is 1. The predicted molar refractivity (Wildman–Crippen MR) is 158 cm³/mol. The molecule has 11 nitrogen and oxygen atoms in total. The number of carbonyl (C=O) groups is 3. The second-order valence-electron chi connectivity index (χ2n) is 9.65. The Morgan fingerprint density at radius 3 is 2.19 bits per heavy atom. The van der Waals surface area contributed by atoms with Gasteiger partial charge in [0.15, 0.2) is 10.9 Å². The molecule has 1 unspecified atom stereocenters. The summed E-state index contributed by atoms with van der Waals surface area (Å²) in [6.07, 6.45) is 1.31. The van der Waals surface area contributed by atoms with Crippen LogP contribution in [0.5, 0.6) is 0 Å². The third kappa shape index (κ3) is 5.35. The van der Waals surface area contributed by atoms with Crippen LogP contribution in [0.3, 0.4) is 0 Å². The van der Waals surface area contributed by atoms with Crippen molar-refractivity contribution < 1.29 is 32.8 Å². The molecule has 5 rings (SSSR count). The molecule has 1 N–H and O–H groups in total. The molecule has 1 aliphatic heterocycles. The normalized spacial score (nSPS) is 16.4. The van der Waals surface area contributed by atoms with E-state index >= 15 is 0 Å². The van der Waals surface area contributed by atoms with Crippen molar-refractivity contribution in [3.63, 3.8) is 0 Å². The van der Waals surface area contributed by atoms with Crippen molar-refractivity contribution in [3.8, 4) is 0 Å². The molecule has 1 saturated heterocycles.